The molecule has 6 heteroatoms. The van der Waals surface area contributed by atoms with E-state index in [4.69, 9.17) is 0 Å². The van der Waals surface area contributed by atoms with Crippen LogP contribution in [0.15, 0.2) is 70.5 Å². The van der Waals surface area contributed by atoms with Gasteiger partial charge in [0.25, 0.3) is 0 Å². The first-order valence-electron chi connectivity index (χ1n) is 7.55. The summed E-state index contributed by atoms with van der Waals surface area (Å²) in [6.45, 7) is 0. The number of rotatable bonds is 4. The van der Waals surface area contributed by atoms with Gasteiger partial charge in [-0.05, 0) is 24.3 Å². The molecule has 0 aliphatic carbocycles. The van der Waals surface area contributed by atoms with Gasteiger partial charge in [-0.15, -0.1) is 0 Å². The van der Waals surface area contributed by atoms with Gasteiger partial charge < -0.3 is 5.32 Å². The van der Waals surface area contributed by atoms with Gasteiger partial charge in [0.05, 0.1) is 10.6 Å². The topological polar surface area (TPSA) is 59.6 Å². The quantitative estimate of drug-likeness (QED) is 0.655. The van der Waals surface area contributed by atoms with Gasteiger partial charge in [0.2, 0.25) is 0 Å². The standard InChI is InChI=1S/C20H11F2N3S/c21-17-15(11-23)16(12-24)18(22)20(26-14-9-5-2-6-10-14)19(17)25-13-7-3-1-4-8-13/h1-10,25H. The molecule has 126 valence electrons. The highest BCUT2D eigenvalue weighted by Gasteiger charge is 2.25. The number of hydrogen-bond donors (Lipinski definition) is 1. The Morgan fingerprint density at radius 1 is 0.769 bits per heavy atom. The van der Waals surface area contributed by atoms with Crippen molar-refractivity contribution >= 4 is 23.1 Å². The Labute approximate surface area is 153 Å². The summed E-state index contributed by atoms with van der Waals surface area (Å²) in [6.07, 6.45) is 0. The molecule has 0 aliphatic rings. The molecule has 3 aromatic carbocycles. The van der Waals surface area contributed by atoms with Crippen molar-refractivity contribution in [3.8, 4) is 12.1 Å². The predicted molar refractivity (Wildman–Crippen MR) is 96.1 cm³/mol. The maximum atomic E-state index is 14.9. The molecule has 0 aromatic heterocycles. The second kappa shape index (κ2) is 7.69. The number of nitrogens with one attached hydrogen (secondary N) is 1. The first-order chi connectivity index (χ1) is 12.7. The molecule has 0 heterocycles. The molecule has 0 aliphatic heterocycles. The highest BCUT2D eigenvalue weighted by Crippen LogP contribution is 2.41. The summed E-state index contributed by atoms with van der Waals surface area (Å²) in [5.41, 5.74) is -0.838. The average Bonchev–Trinajstić information content (AvgIpc) is 2.68. The zero-order valence-corrected chi connectivity index (χ0v) is 14.1. The van der Waals surface area contributed by atoms with E-state index in [0.29, 0.717) is 10.6 Å². The zero-order valence-electron chi connectivity index (χ0n) is 13.3. The van der Waals surface area contributed by atoms with Gasteiger partial charge in [-0.2, -0.15) is 10.5 Å². The molecule has 0 atom stereocenters. The molecule has 0 unspecified atom stereocenters. The number of anilines is 2. The van der Waals surface area contributed by atoms with Crippen LogP contribution in [0.3, 0.4) is 0 Å². The van der Waals surface area contributed by atoms with Crippen molar-refractivity contribution in [1.29, 1.82) is 10.5 Å². The Balaban J connectivity index is 2.21. The van der Waals surface area contributed by atoms with Crippen LogP contribution in [0.2, 0.25) is 0 Å². The Morgan fingerprint density at radius 2 is 1.31 bits per heavy atom. The van der Waals surface area contributed by atoms with E-state index in [9.17, 15) is 19.3 Å². The van der Waals surface area contributed by atoms with Gasteiger partial charge in [-0.25, -0.2) is 8.78 Å². The number of halogens is 2. The molecule has 0 saturated carbocycles. The van der Waals surface area contributed by atoms with E-state index in [1.54, 1.807) is 66.7 Å². The van der Waals surface area contributed by atoms with Crippen LogP contribution in [0, 0.1) is 34.3 Å². The van der Waals surface area contributed by atoms with Crippen LogP contribution in [0.1, 0.15) is 11.1 Å². The van der Waals surface area contributed by atoms with Crippen LogP contribution < -0.4 is 5.32 Å². The number of hydrogen-bond acceptors (Lipinski definition) is 4. The average molecular weight is 363 g/mol. The predicted octanol–water partition coefficient (Wildman–Crippen LogP) is 5.60. The lowest BCUT2D eigenvalue weighted by Crippen LogP contribution is -2.05. The second-order valence-corrected chi connectivity index (χ2v) is 6.30. The summed E-state index contributed by atoms with van der Waals surface area (Å²) in [5.74, 6) is -1.87. The molecule has 3 aromatic rings. The van der Waals surface area contributed by atoms with Crippen LogP contribution in [-0.4, -0.2) is 0 Å². The monoisotopic (exact) mass is 363 g/mol. The highest BCUT2D eigenvalue weighted by atomic mass is 32.2. The van der Waals surface area contributed by atoms with E-state index in [-0.39, 0.29) is 10.6 Å². The number of benzene rings is 3. The van der Waals surface area contributed by atoms with Crippen molar-refractivity contribution in [2.45, 2.75) is 9.79 Å². The normalized spacial score (nSPS) is 10.0. The van der Waals surface area contributed by atoms with Crippen LogP contribution >= 0.6 is 11.8 Å². The molecule has 3 rings (SSSR count). The lowest BCUT2D eigenvalue weighted by Gasteiger charge is -2.16. The summed E-state index contributed by atoms with van der Waals surface area (Å²) in [5, 5.41) is 21.2. The summed E-state index contributed by atoms with van der Waals surface area (Å²) >= 11 is 0.985. The number of para-hydroxylation sites is 1. The molecule has 0 spiro atoms. The summed E-state index contributed by atoms with van der Waals surface area (Å²) in [6, 6.07) is 20.7. The molecule has 0 bridgehead atoms. The van der Waals surface area contributed by atoms with Gasteiger partial charge in [0.1, 0.15) is 23.3 Å². The molecule has 0 fully saturated rings. The van der Waals surface area contributed by atoms with Gasteiger partial charge in [0.15, 0.2) is 11.6 Å². The minimum Gasteiger partial charge on any atom is -0.352 e. The fourth-order valence-electron chi connectivity index (χ4n) is 2.36. The number of nitriles is 2. The first kappa shape index (κ1) is 17.5. The van der Waals surface area contributed by atoms with Gasteiger partial charge in [-0.3, -0.25) is 0 Å². The third-order valence-electron chi connectivity index (χ3n) is 3.56. The molecular weight excluding hydrogens is 352 g/mol. The largest absolute Gasteiger partial charge is 0.352 e. The summed E-state index contributed by atoms with van der Waals surface area (Å²) in [7, 11) is 0. The lowest BCUT2D eigenvalue weighted by molar-refractivity contribution is 0.575. The summed E-state index contributed by atoms with van der Waals surface area (Å²) < 4.78 is 29.9. The SMILES string of the molecule is N#Cc1c(F)c(Nc2ccccc2)c(Sc2ccccc2)c(F)c1C#N. The number of nitrogens with zero attached hydrogens (tertiary/aromatic N) is 2. The van der Waals surface area contributed by atoms with Gasteiger partial charge >= 0.3 is 0 Å². The van der Waals surface area contributed by atoms with Crippen molar-refractivity contribution in [3.05, 3.63) is 83.4 Å². The maximum Gasteiger partial charge on any atom is 0.167 e. The minimum atomic E-state index is -0.951. The third-order valence-corrected chi connectivity index (χ3v) is 4.66. The van der Waals surface area contributed by atoms with E-state index >= 15 is 0 Å². The van der Waals surface area contributed by atoms with Crippen molar-refractivity contribution < 1.29 is 8.78 Å². The molecule has 0 amide bonds. The van der Waals surface area contributed by atoms with Gasteiger partial charge in [0, 0.05) is 10.6 Å². The Kier molecular flexibility index (Phi) is 5.17. The Bertz CT molecular complexity index is 939. The van der Waals surface area contributed by atoms with E-state index in [1.807, 2.05) is 6.07 Å². The second-order valence-electron chi connectivity index (χ2n) is 5.21. The first-order valence-corrected chi connectivity index (χ1v) is 8.37. The maximum absolute atomic E-state index is 14.9. The summed E-state index contributed by atoms with van der Waals surface area (Å²) in [4.78, 5) is 0.601. The molecular formula is C20H11F2N3S. The highest BCUT2D eigenvalue weighted by molar-refractivity contribution is 7.99. The lowest BCUT2D eigenvalue weighted by atomic mass is 10.1. The zero-order chi connectivity index (χ0) is 18.5. The minimum absolute atomic E-state index is 0.0758. The molecule has 26 heavy (non-hydrogen) atoms. The van der Waals surface area contributed by atoms with Crippen LogP contribution in [0.5, 0.6) is 0 Å². The third kappa shape index (κ3) is 3.37. The smallest absolute Gasteiger partial charge is 0.167 e. The molecule has 0 radical (unpaired) electrons. The van der Waals surface area contributed by atoms with Crippen molar-refractivity contribution in [2.24, 2.45) is 0 Å². The fourth-order valence-corrected chi connectivity index (χ4v) is 3.32. The van der Waals surface area contributed by atoms with E-state index < -0.39 is 22.8 Å². The van der Waals surface area contributed by atoms with Crippen molar-refractivity contribution in [1.82, 2.24) is 0 Å². The van der Waals surface area contributed by atoms with E-state index in [0.717, 1.165) is 11.8 Å². The molecule has 0 saturated heterocycles. The Morgan fingerprint density at radius 3 is 1.88 bits per heavy atom. The Hall–Kier alpha value is -3.35. The van der Waals surface area contributed by atoms with Crippen molar-refractivity contribution in [2.75, 3.05) is 5.32 Å². The van der Waals surface area contributed by atoms with E-state index in [2.05, 4.69) is 5.32 Å². The molecule has 3 nitrogen and oxygen atoms in total. The van der Waals surface area contributed by atoms with Crippen LogP contribution in [0.25, 0.3) is 0 Å². The van der Waals surface area contributed by atoms with Crippen LogP contribution in [0.4, 0.5) is 20.2 Å². The van der Waals surface area contributed by atoms with E-state index in [1.165, 1.54) is 0 Å². The molecule has 1 N–H and O–H groups in total. The van der Waals surface area contributed by atoms with Crippen molar-refractivity contribution in [3.63, 3.8) is 0 Å². The van der Waals surface area contributed by atoms with Crippen LogP contribution in [-0.2, 0) is 0 Å². The van der Waals surface area contributed by atoms with Gasteiger partial charge in [-0.1, -0.05) is 48.2 Å². The fraction of sp³-hybridized carbons (Fsp3) is 0.